The van der Waals surface area contributed by atoms with Crippen LogP contribution in [0.1, 0.15) is 24.2 Å². The van der Waals surface area contributed by atoms with Gasteiger partial charge in [0.05, 0.1) is 11.1 Å². The second-order valence-electron chi connectivity index (χ2n) is 3.92. The van der Waals surface area contributed by atoms with Crippen LogP contribution in [0, 0.1) is 12.3 Å². The van der Waals surface area contributed by atoms with Gasteiger partial charge in [0.1, 0.15) is 11.5 Å². The van der Waals surface area contributed by atoms with Gasteiger partial charge >= 0.3 is 0 Å². The van der Waals surface area contributed by atoms with Crippen molar-refractivity contribution in [2.24, 2.45) is 0 Å². The summed E-state index contributed by atoms with van der Waals surface area (Å²) in [5.41, 5.74) is -0.821. The van der Waals surface area contributed by atoms with Crippen molar-refractivity contribution in [2.45, 2.75) is 19.4 Å². The van der Waals surface area contributed by atoms with E-state index in [-0.39, 0.29) is 17.1 Å². The summed E-state index contributed by atoms with van der Waals surface area (Å²) in [5.74, 6) is 1.57. The van der Waals surface area contributed by atoms with Gasteiger partial charge in [0.2, 0.25) is 0 Å². The van der Waals surface area contributed by atoms with Crippen molar-refractivity contribution in [1.29, 1.82) is 0 Å². The number of carbonyl (C=O) groups is 1. The van der Waals surface area contributed by atoms with Gasteiger partial charge in [-0.3, -0.25) is 4.79 Å². The van der Waals surface area contributed by atoms with E-state index in [9.17, 15) is 15.0 Å². The molecular weight excluding hydrogens is 206 g/mol. The molecule has 4 heteroatoms. The summed E-state index contributed by atoms with van der Waals surface area (Å²) >= 11 is 0. The molecule has 1 amide bonds. The zero-order valence-electron chi connectivity index (χ0n) is 9.11. The second-order valence-corrected chi connectivity index (χ2v) is 3.92. The van der Waals surface area contributed by atoms with E-state index in [1.54, 1.807) is 13.8 Å². The SMILES string of the molecule is C#CC(C)(C)NC(=O)c1cc(O)ccc1O. The smallest absolute Gasteiger partial charge is 0.256 e. The zero-order valence-corrected chi connectivity index (χ0v) is 9.11. The topological polar surface area (TPSA) is 69.6 Å². The quantitative estimate of drug-likeness (QED) is 0.517. The molecule has 0 spiro atoms. The highest BCUT2D eigenvalue weighted by molar-refractivity contribution is 5.97. The number of hydrogen-bond acceptors (Lipinski definition) is 3. The molecule has 1 aromatic carbocycles. The molecule has 0 aliphatic rings. The molecule has 0 aliphatic heterocycles. The van der Waals surface area contributed by atoms with E-state index in [4.69, 9.17) is 6.42 Å². The Balaban J connectivity index is 2.98. The Morgan fingerprint density at radius 1 is 1.44 bits per heavy atom. The molecule has 0 radical (unpaired) electrons. The predicted molar refractivity (Wildman–Crippen MR) is 60.1 cm³/mol. The number of carbonyl (C=O) groups excluding carboxylic acids is 1. The minimum Gasteiger partial charge on any atom is -0.508 e. The van der Waals surface area contributed by atoms with Crippen LogP contribution in [0.5, 0.6) is 11.5 Å². The number of nitrogens with one attached hydrogen (secondary N) is 1. The molecule has 0 saturated carbocycles. The van der Waals surface area contributed by atoms with Gasteiger partial charge < -0.3 is 15.5 Å². The minimum atomic E-state index is -0.811. The fraction of sp³-hybridized carbons (Fsp3) is 0.250. The van der Waals surface area contributed by atoms with Gasteiger partial charge in [-0.25, -0.2) is 0 Å². The maximum atomic E-state index is 11.7. The largest absolute Gasteiger partial charge is 0.508 e. The van der Waals surface area contributed by atoms with Gasteiger partial charge in [-0.15, -0.1) is 6.42 Å². The van der Waals surface area contributed by atoms with Crippen LogP contribution < -0.4 is 5.32 Å². The molecular formula is C12H13NO3. The van der Waals surface area contributed by atoms with Crippen LogP contribution in [-0.2, 0) is 0 Å². The number of phenols is 2. The molecule has 0 heterocycles. The first-order valence-corrected chi connectivity index (χ1v) is 4.68. The number of hydrogen-bond donors (Lipinski definition) is 3. The Morgan fingerprint density at radius 2 is 2.06 bits per heavy atom. The lowest BCUT2D eigenvalue weighted by Crippen LogP contribution is -2.42. The standard InChI is InChI=1S/C12H13NO3/c1-4-12(2,3)13-11(16)9-7-8(14)5-6-10(9)15/h1,5-7,14-15H,2-3H3,(H,13,16). The number of amides is 1. The number of rotatable bonds is 2. The Bertz CT molecular complexity index is 458. The molecule has 0 saturated heterocycles. The molecule has 16 heavy (non-hydrogen) atoms. The molecule has 84 valence electrons. The Kier molecular flexibility index (Phi) is 3.09. The van der Waals surface area contributed by atoms with E-state index in [1.807, 2.05) is 0 Å². The van der Waals surface area contributed by atoms with Gasteiger partial charge in [-0.05, 0) is 32.0 Å². The van der Waals surface area contributed by atoms with Crippen LogP contribution in [0.15, 0.2) is 18.2 Å². The minimum absolute atomic E-state index is 0.0108. The van der Waals surface area contributed by atoms with Gasteiger partial charge in [0.15, 0.2) is 0 Å². The fourth-order valence-electron chi connectivity index (χ4n) is 1.09. The van der Waals surface area contributed by atoms with Crippen molar-refractivity contribution in [3.05, 3.63) is 23.8 Å². The highest BCUT2D eigenvalue weighted by atomic mass is 16.3. The van der Waals surface area contributed by atoms with E-state index >= 15 is 0 Å². The zero-order chi connectivity index (χ0) is 12.3. The first-order chi connectivity index (χ1) is 7.35. The van der Waals surface area contributed by atoms with Gasteiger partial charge in [-0.1, -0.05) is 5.92 Å². The summed E-state index contributed by atoms with van der Waals surface area (Å²) in [6.07, 6.45) is 5.22. The van der Waals surface area contributed by atoms with Crippen LogP contribution in [-0.4, -0.2) is 21.7 Å². The summed E-state index contributed by atoms with van der Waals surface area (Å²) < 4.78 is 0. The highest BCUT2D eigenvalue weighted by Crippen LogP contribution is 2.22. The molecule has 0 fully saturated rings. The molecule has 4 nitrogen and oxygen atoms in total. The summed E-state index contributed by atoms with van der Waals surface area (Å²) in [4.78, 5) is 11.7. The average molecular weight is 219 g/mol. The van der Waals surface area contributed by atoms with Crippen molar-refractivity contribution in [1.82, 2.24) is 5.32 Å². The molecule has 0 aliphatic carbocycles. The Labute approximate surface area is 93.9 Å². The van der Waals surface area contributed by atoms with Crippen molar-refractivity contribution in [3.63, 3.8) is 0 Å². The summed E-state index contributed by atoms with van der Waals surface area (Å²) in [6.45, 7) is 3.31. The first kappa shape index (κ1) is 11.9. The molecule has 3 N–H and O–H groups in total. The van der Waals surface area contributed by atoms with Gasteiger partial charge in [0.25, 0.3) is 5.91 Å². The van der Waals surface area contributed by atoms with Crippen molar-refractivity contribution >= 4 is 5.91 Å². The summed E-state index contributed by atoms with van der Waals surface area (Å²) in [6, 6.07) is 3.71. The third-order valence-electron chi connectivity index (χ3n) is 2.01. The van der Waals surface area contributed by atoms with Crippen LogP contribution in [0.2, 0.25) is 0 Å². The van der Waals surface area contributed by atoms with Gasteiger partial charge in [-0.2, -0.15) is 0 Å². The third kappa shape index (κ3) is 2.67. The monoisotopic (exact) mass is 219 g/mol. The molecule has 0 unspecified atom stereocenters. The van der Waals surface area contributed by atoms with E-state index < -0.39 is 11.4 Å². The normalized spacial score (nSPS) is 10.6. The number of aromatic hydroxyl groups is 2. The third-order valence-corrected chi connectivity index (χ3v) is 2.01. The molecule has 1 aromatic rings. The number of terminal acetylenes is 1. The fourth-order valence-corrected chi connectivity index (χ4v) is 1.09. The van der Waals surface area contributed by atoms with E-state index in [2.05, 4.69) is 11.2 Å². The summed E-state index contributed by atoms with van der Waals surface area (Å²) in [5, 5.41) is 21.2. The highest BCUT2D eigenvalue weighted by Gasteiger charge is 2.20. The lowest BCUT2D eigenvalue weighted by atomic mass is 10.1. The number of phenolic OH excluding ortho intramolecular Hbond substituents is 2. The lowest BCUT2D eigenvalue weighted by Gasteiger charge is -2.19. The first-order valence-electron chi connectivity index (χ1n) is 4.68. The van der Waals surface area contributed by atoms with Crippen LogP contribution >= 0.6 is 0 Å². The van der Waals surface area contributed by atoms with E-state index in [0.29, 0.717) is 0 Å². The molecule has 0 bridgehead atoms. The summed E-state index contributed by atoms with van der Waals surface area (Å²) in [7, 11) is 0. The number of benzene rings is 1. The Hall–Kier alpha value is -2.15. The van der Waals surface area contributed by atoms with Crippen LogP contribution in [0.25, 0.3) is 0 Å². The molecule has 0 aromatic heterocycles. The van der Waals surface area contributed by atoms with Crippen LogP contribution in [0.4, 0.5) is 0 Å². The van der Waals surface area contributed by atoms with Gasteiger partial charge in [0, 0.05) is 0 Å². The van der Waals surface area contributed by atoms with E-state index in [1.165, 1.54) is 18.2 Å². The van der Waals surface area contributed by atoms with Crippen molar-refractivity contribution in [2.75, 3.05) is 0 Å². The van der Waals surface area contributed by atoms with Crippen LogP contribution in [0.3, 0.4) is 0 Å². The van der Waals surface area contributed by atoms with E-state index in [0.717, 1.165) is 0 Å². The average Bonchev–Trinajstić information content (AvgIpc) is 2.21. The maximum Gasteiger partial charge on any atom is 0.256 e. The van der Waals surface area contributed by atoms with Crippen molar-refractivity contribution in [3.8, 4) is 23.8 Å². The second kappa shape index (κ2) is 4.15. The van der Waals surface area contributed by atoms with Crippen molar-refractivity contribution < 1.29 is 15.0 Å². The predicted octanol–water partition coefficient (Wildman–Crippen LogP) is 1.24. The maximum absolute atomic E-state index is 11.7. The lowest BCUT2D eigenvalue weighted by molar-refractivity contribution is 0.0927. The molecule has 1 rings (SSSR count). The molecule has 0 atom stereocenters. The Morgan fingerprint density at radius 3 is 2.62 bits per heavy atom.